The summed E-state index contributed by atoms with van der Waals surface area (Å²) in [6.45, 7) is 6.12. The lowest BCUT2D eigenvalue weighted by Gasteiger charge is -2.29. The fourth-order valence-electron chi connectivity index (χ4n) is 2.90. The van der Waals surface area contributed by atoms with E-state index >= 15 is 0 Å². The molecule has 0 N–H and O–H groups in total. The summed E-state index contributed by atoms with van der Waals surface area (Å²) in [5.41, 5.74) is 0.517. The standard InChI is InChI=1S/C23H26ClF2N5O2/c1-5-7-8-11-29-30(4)20-12-17(24)9-10-18(20)23(32)31(6-2)16(3)15-33-21-14-27-19(13-28-21)22(25)26/h9-14,16,22H,5-6,15H2,1-4H3/b29-11-. The minimum Gasteiger partial charge on any atom is -0.474 e. The third-order valence-electron chi connectivity index (χ3n) is 4.59. The molecule has 1 unspecified atom stereocenters. The Kier molecular flexibility index (Phi) is 10.0. The van der Waals surface area contributed by atoms with Gasteiger partial charge >= 0.3 is 0 Å². The predicted octanol–water partition coefficient (Wildman–Crippen LogP) is 4.83. The Morgan fingerprint density at radius 2 is 2.06 bits per heavy atom. The second kappa shape index (κ2) is 12.7. The van der Waals surface area contributed by atoms with E-state index in [1.807, 2.05) is 20.8 Å². The Morgan fingerprint density at radius 1 is 1.30 bits per heavy atom. The molecule has 2 rings (SSSR count). The highest BCUT2D eigenvalue weighted by molar-refractivity contribution is 6.31. The average molecular weight is 478 g/mol. The van der Waals surface area contributed by atoms with Crippen molar-refractivity contribution in [2.75, 3.05) is 25.2 Å². The van der Waals surface area contributed by atoms with Crippen LogP contribution in [0.2, 0.25) is 5.02 Å². The summed E-state index contributed by atoms with van der Waals surface area (Å²) in [6, 6.07) is 4.61. The lowest BCUT2D eigenvalue weighted by Crippen LogP contribution is -2.42. The lowest BCUT2D eigenvalue weighted by molar-refractivity contribution is 0.0646. The molecule has 7 nitrogen and oxygen atoms in total. The van der Waals surface area contributed by atoms with Crippen molar-refractivity contribution < 1.29 is 18.3 Å². The smallest absolute Gasteiger partial charge is 0.281 e. The topological polar surface area (TPSA) is 70.9 Å². The molecule has 1 aromatic heterocycles. The second-order valence-corrected chi connectivity index (χ2v) is 7.37. The number of benzene rings is 1. The zero-order valence-electron chi connectivity index (χ0n) is 18.9. The number of nitrogens with zero attached hydrogens (tertiary/aromatic N) is 5. The quantitative estimate of drug-likeness (QED) is 0.294. The molecule has 1 amide bonds. The number of rotatable bonds is 9. The number of hydrogen-bond donors (Lipinski definition) is 0. The van der Waals surface area contributed by atoms with Crippen molar-refractivity contribution in [1.29, 1.82) is 0 Å². The monoisotopic (exact) mass is 477 g/mol. The largest absolute Gasteiger partial charge is 0.474 e. The fraction of sp³-hybridized carbons (Fsp3) is 0.391. The molecule has 0 aliphatic heterocycles. The summed E-state index contributed by atoms with van der Waals surface area (Å²) in [5.74, 6) is 5.57. The van der Waals surface area contributed by atoms with Gasteiger partial charge in [0.05, 0.1) is 35.9 Å². The number of ether oxygens (including phenoxy) is 1. The molecule has 0 saturated carbocycles. The van der Waals surface area contributed by atoms with Gasteiger partial charge in [-0.15, -0.1) is 0 Å². The van der Waals surface area contributed by atoms with Crippen LogP contribution >= 0.6 is 11.6 Å². The van der Waals surface area contributed by atoms with Gasteiger partial charge < -0.3 is 9.64 Å². The van der Waals surface area contributed by atoms with Gasteiger partial charge in [-0.25, -0.2) is 18.7 Å². The van der Waals surface area contributed by atoms with Crippen LogP contribution in [-0.2, 0) is 0 Å². The van der Waals surface area contributed by atoms with Crippen molar-refractivity contribution in [3.63, 3.8) is 0 Å². The first kappa shape index (κ1) is 26.0. The van der Waals surface area contributed by atoms with Crippen molar-refractivity contribution >= 4 is 29.4 Å². The van der Waals surface area contributed by atoms with Crippen LogP contribution in [0.3, 0.4) is 0 Å². The normalized spacial score (nSPS) is 11.8. The van der Waals surface area contributed by atoms with Crippen molar-refractivity contribution in [2.24, 2.45) is 5.10 Å². The Hall–Kier alpha value is -3.25. The van der Waals surface area contributed by atoms with E-state index in [0.29, 0.717) is 29.2 Å². The molecule has 0 fully saturated rings. The number of amides is 1. The van der Waals surface area contributed by atoms with Gasteiger partial charge in [-0.2, -0.15) is 5.10 Å². The minimum atomic E-state index is -2.70. The Labute approximate surface area is 197 Å². The maximum atomic E-state index is 13.4. The summed E-state index contributed by atoms with van der Waals surface area (Å²) in [4.78, 5) is 22.5. The van der Waals surface area contributed by atoms with Crippen molar-refractivity contribution in [3.05, 3.63) is 46.9 Å². The van der Waals surface area contributed by atoms with Gasteiger partial charge in [0.25, 0.3) is 12.3 Å². The summed E-state index contributed by atoms with van der Waals surface area (Å²) in [5, 5.41) is 6.26. The van der Waals surface area contributed by atoms with Crippen molar-refractivity contribution in [2.45, 2.75) is 39.7 Å². The molecule has 0 aliphatic rings. The lowest BCUT2D eigenvalue weighted by atomic mass is 10.1. The van der Waals surface area contributed by atoms with Crippen LogP contribution in [0.5, 0.6) is 5.88 Å². The highest BCUT2D eigenvalue weighted by Crippen LogP contribution is 2.26. The molecule has 1 heterocycles. The highest BCUT2D eigenvalue weighted by Gasteiger charge is 2.24. The van der Waals surface area contributed by atoms with E-state index in [9.17, 15) is 13.6 Å². The molecule has 176 valence electrons. The number of anilines is 1. The third-order valence-corrected chi connectivity index (χ3v) is 4.83. The molecule has 10 heteroatoms. The minimum absolute atomic E-state index is 0.101. The maximum absolute atomic E-state index is 13.4. The van der Waals surface area contributed by atoms with E-state index in [-0.39, 0.29) is 24.4 Å². The van der Waals surface area contributed by atoms with Crippen LogP contribution in [0, 0.1) is 11.8 Å². The van der Waals surface area contributed by atoms with Crippen LogP contribution in [-0.4, -0.2) is 53.2 Å². The molecule has 1 atom stereocenters. The molecular formula is C23H26ClF2N5O2. The number of alkyl halides is 2. The zero-order valence-corrected chi connectivity index (χ0v) is 19.7. The number of hydrazone groups is 1. The molecular weight excluding hydrogens is 452 g/mol. The van der Waals surface area contributed by atoms with Gasteiger partial charge in [0.2, 0.25) is 5.88 Å². The van der Waals surface area contributed by atoms with Crippen molar-refractivity contribution in [3.8, 4) is 17.7 Å². The van der Waals surface area contributed by atoms with E-state index < -0.39 is 12.1 Å². The molecule has 1 aromatic carbocycles. The number of carbonyl (C=O) groups excluding carboxylic acids is 1. The molecule has 0 radical (unpaired) electrons. The van der Waals surface area contributed by atoms with Crippen LogP contribution in [0.15, 0.2) is 35.7 Å². The van der Waals surface area contributed by atoms with E-state index in [0.717, 1.165) is 12.4 Å². The predicted molar refractivity (Wildman–Crippen MR) is 125 cm³/mol. The number of likely N-dealkylation sites (N-methyl/N-ethyl adjacent to an activating group) is 1. The molecule has 0 spiro atoms. The fourth-order valence-corrected chi connectivity index (χ4v) is 3.06. The first-order valence-electron chi connectivity index (χ1n) is 10.4. The van der Waals surface area contributed by atoms with Gasteiger partial charge in [0.15, 0.2) is 0 Å². The van der Waals surface area contributed by atoms with Crippen LogP contribution in [0.1, 0.15) is 49.7 Å². The SMILES string of the molecule is CCC#C/C=N\N(C)c1cc(Cl)ccc1C(=O)N(CC)C(C)COc1cnc(C(F)F)cn1. The molecule has 33 heavy (non-hydrogen) atoms. The van der Waals surface area contributed by atoms with E-state index in [1.54, 1.807) is 35.2 Å². The third kappa shape index (κ3) is 7.39. The second-order valence-electron chi connectivity index (χ2n) is 6.94. The van der Waals surface area contributed by atoms with Gasteiger partial charge in [-0.1, -0.05) is 30.4 Å². The molecule has 0 bridgehead atoms. The summed E-state index contributed by atoms with van der Waals surface area (Å²) >= 11 is 6.16. The van der Waals surface area contributed by atoms with Crippen LogP contribution in [0.4, 0.5) is 14.5 Å². The summed E-state index contributed by atoms with van der Waals surface area (Å²) < 4.78 is 30.8. The number of halogens is 3. The highest BCUT2D eigenvalue weighted by atomic mass is 35.5. The van der Waals surface area contributed by atoms with E-state index in [2.05, 4.69) is 26.9 Å². The summed E-state index contributed by atoms with van der Waals surface area (Å²) in [7, 11) is 1.71. The average Bonchev–Trinajstić information content (AvgIpc) is 2.80. The Bertz CT molecular complexity index is 1020. The van der Waals surface area contributed by atoms with Crippen LogP contribution < -0.4 is 9.75 Å². The van der Waals surface area contributed by atoms with Gasteiger partial charge in [0, 0.05) is 25.0 Å². The molecule has 0 aliphatic carbocycles. The van der Waals surface area contributed by atoms with Gasteiger partial charge in [-0.05, 0) is 32.0 Å². The number of aromatic nitrogens is 2. The van der Waals surface area contributed by atoms with Gasteiger partial charge in [-0.3, -0.25) is 9.80 Å². The number of hydrogen-bond acceptors (Lipinski definition) is 6. The summed E-state index contributed by atoms with van der Waals surface area (Å²) in [6.07, 6.45) is 1.58. The maximum Gasteiger partial charge on any atom is 0.281 e. The Morgan fingerprint density at radius 3 is 2.67 bits per heavy atom. The molecule has 2 aromatic rings. The van der Waals surface area contributed by atoms with E-state index in [4.69, 9.17) is 16.3 Å². The first-order valence-corrected chi connectivity index (χ1v) is 10.7. The Balaban J connectivity index is 2.17. The van der Waals surface area contributed by atoms with Crippen LogP contribution in [0.25, 0.3) is 0 Å². The van der Waals surface area contributed by atoms with Crippen molar-refractivity contribution in [1.82, 2.24) is 14.9 Å². The van der Waals surface area contributed by atoms with Gasteiger partial charge in [0.1, 0.15) is 12.3 Å². The number of carbonyl (C=O) groups is 1. The zero-order chi connectivity index (χ0) is 24.4. The molecule has 0 saturated heterocycles. The first-order chi connectivity index (χ1) is 15.8. The van der Waals surface area contributed by atoms with E-state index in [1.165, 1.54) is 6.21 Å².